The van der Waals surface area contributed by atoms with Crippen LogP contribution in [0.25, 0.3) is 0 Å². The fourth-order valence-electron chi connectivity index (χ4n) is 2.36. The third-order valence-corrected chi connectivity index (χ3v) is 4.01. The van der Waals surface area contributed by atoms with Crippen LogP contribution in [0.15, 0.2) is 77.9 Å². The summed E-state index contributed by atoms with van der Waals surface area (Å²) in [6, 6.07) is 21.7. The van der Waals surface area contributed by atoms with Crippen molar-refractivity contribution >= 4 is 29.4 Å². The lowest BCUT2D eigenvalue weighted by Gasteiger charge is -2.07. The predicted molar refractivity (Wildman–Crippen MR) is 108 cm³/mol. The molecule has 6 heteroatoms. The van der Waals surface area contributed by atoms with Gasteiger partial charge in [-0.15, -0.1) is 0 Å². The second-order valence-corrected chi connectivity index (χ2v) is 6.21. The SMILES string of the molecule is Nc1ccccc1C(=O)N/N=C\c1cccc(OCc2ccc(Cl)cc2)c1. The van der Waals surface area contributed by atoms with Gasteiger partial charge in [-0.1, -0.05) is 48.0 Å². The van der Waals surface area contributed by atoms with Gasteiger partial charge in [-0.3, -0.25) is 4.79 Å². The Labute approximate surface area is 162 Å². The van der Waals surface area contributed by atoms with Crippen LogP contribution in [0.4, 0.5) is 5.69 Å². The van der Waals surface area contributed by atoms with Crippen LogP contribution in [0.1, 0.15) is 21.5 Å². The van der Waals surface area contributed by atoms with E-state index in [-0.39, 0.29) is 5.91 Å². The molecular formula is C21H18ClN3O2. The quantitative estimate of drug-likeness (QED) is 0.381. The Hall–Kier alpha value is -3.31. The molecule has 136 valence electrons. The topological polar surface area (TPSA) is 76.7 Å². The van der Waals surface area contributed by atoms with Crippen LogP contribution in [0.3, 0.4) is 0 Å². The zero-order valence-corrected chi connectivity index (χ0v) is 15.2. The lowest BCUT2D eigenvalue weighted by Crippen LogP contribution is -2.18. The minimum absolute atomic E-state index is 0.362. The average molecular weight is 380 g/mol. The number of nitrogens with two attached hydrogens (primary N) is 1. The van der Waals surface area contributed by atoms with Gasteiger partial charge in [-0.2, -0.15) is 5.10 Å². The molecule has 3 aromatic rings. The van der Waals surface area contributed by atoms with Crippen LogP contribution < -0.4 is 15.9 Å². The van der Waals surface area contributed by atoms with Gasteiger partial charge in [0.05, 0.1) is 11.8 Å². The molecule has 0 heterocycles. The first-order valence-corrected chi connectivity index (χ1v) is 8.65. The molecule has 0 aliphatic heterocycles. The van der Waals surface area contributed by atoms with Crippen molar-refractivity contribution in [2.75, 3.05) is 5.73 Å². The van der Waals surface area contributed by atoms with Crippen molar-refractivity contribution in [1.82, 2.24) is 5.43 Å². The van der Waals surface area contributed by atoms with Crippen molar-refractivity contribution in [2.45, 2.75) is 6.61 Å². The van der Waals surface area contributed by atoms with Gasteiger partial charge in [-0.05, 0) is 47.5 Å². The zero-order chi connectivity index (χ0) is 19.1. The number of para-hydroxylation sites is 1. The summed E-state index contributed by atoms with van der Waals surface area (Å²) in [7, 11) is 0. The number of hydrazone groups is 1. The van der Waals surface area contributed by atoms with Gasteiger partial charge in [-0.25, -0.2) is 5.43 Å². The highest BCUT2D eigenvalue weighted by Gasteiger charge is 2.07. The molecule has 0 saturated heterocycles. The maximum absolute atomic E-state index is 12.1. The number of carbonyl (C=O) groups is 1. The molecule has 1 amide bonds. The van der Waals surface area contributed by atoms with E-state index < -0.39 is 0 Å². The Morgan fingerprint density at radius 2 is 1.85 bits per heavy atom. The van der Waals surface area contributed by atoms with E-state index in [4.69, 9.17) is 22.1 Å². The number of hydrogen-bond acceptors (Lipinski definition) is 4. The maximum Gasteiger partial charge on any atom is 0.273 e. The molecule has 0 aromatic heterocycles. The van der Waals surface area contributed by atoms with Gasteiger partial charge in [0.2, 0.25) is 0 Å². The van der Waals surface area contributed by atoms with E-state index in [1.165, 1.54) is 0 Å². The minimum atomic E-state index is -0.362. The monoisotopic (exact) mass is 379 g/mol. The number of amides is 1. The van der Waals surface area contributed by atoms with Gasteiger partial charge in [0, 0.05) is 10.7 Å². The van der Waals surface area contributed by atoms with E-state index in [1.54, 1.807) is 30.5 Å². The normalized spacial score (nSPS) is 10.7. The average Bonchev–Trinajstić information content (AvgIpc) is 2.68. The van der Waals surface area contributed by atoms with E-state index in [0.717, 1.165) is 11.1 Å². The smallest absolute Gasteiger partial charge is 0.273 e. The Balaban J connectivity index is 1.58. The van der Waals surface area contributed by atoms with E-state index in [2.05, 4.69) is 10.5 Å². The molecule has 0 bridgehead atoms. The van der Waals surface area contributed by atoms with Crippen LogP contribution in [-0.2, 0) is 6.61 Å². The molecule has 0 spiro atoms. The summed E-state index contributed by atoms with van der Waals surface area (Å²) in [5.74, 6) is 0.340. The Kier molecular flexibility index (Phi) is 6.07. The number of rotatable bonds is 6. The van der Waals surface area contributed by atoms with Gasteiger partial charge < -0.3 is 10.5 Å². The first-order chi connectivity index (χ1) is 13.1. The summed E-state index contributed by atoms with van der Waals surface area (Å²) >= 11 is 5.88. The van der Waals surface area contributed by atoms with Gasteiger partial charge in [0.25, 0.3) is 5.91 Å². The fraction of sp³-hybridized carbons (Fsp3) is 0.0476. The fourth-order valence-corrected chi connectivity index (χ4v) is 2.49. The number of ether oxygens (including phenoxy) is 1. The van der Waals surface area contributed by atoms with Crippen LogP contribution in [-0.4, -0.2) is 12.1 Å². The Morgan fingerprint density at radius 1 is 1.07 bits per heavy atom. The van der Waals surface area contributed by atoms with Crippen LogP contribution in [0.5, 0.6) is 5.75 Å². The zero-order valence-electron chi connectivity index (χ0n) is 14.4. The van der Waals surface area contributed by atoms with Gasteiger partial charge in [0.15, 0.2) is 0 Å². The molecule has 3 aromatic carbocycles. The standard InChI is InChI=1S/C21H18ClN3O2/c22-17-10-8-15(9-11-17)14-27-18-5-3-4-16(12-18)13-24-25-21(26)19-6-1-2-7-20(19)23/h1-13H,14,23H2,(H,25,26)/b24-13-. The van der Waals surface area contributed by atoms with Crippen molar-refractivity contribution in [1.29, 1.82) is 0 Å². The van der Waals surface area contributed by atoms with Crippen molar-refractivity contribution in [3.63, 3.8) is 0 Å². The van der Waals surface area contributed by atoms with Crippen molar-refractivity contribution in [3.05, 3.63) is 94.5 Å². The second-order valence-electron chi connectivity index (χ2n) is 5.77. The summed E-state index contributed by atoms with van der Waals surface area (Å²) < 4.78 is 5.78. The number of nitrogen functional groups attached to an aromatic ring is 1. The third-order valence-electron chi connectivity index (χ3n) is 3.76. The molecule has 0 saturated carbocycles. The van der Waals surface area contributed by atoms with E-state index in [1.807, 2.05) is 48.5 Å². The number of nitrogens with one attached hydrogen (secondary N) is 1. The summed E-state index contributed by atoms with van der Waals surface area (Å²) in [6.07, 6.45) is 1.55. The molecule has 3 N–H and O–H groups in total. The number of anilines is 1. The van der Waals surface area contributed by atoms with Crippen molar-refractivity contribution in [3.8, 4) is 5.75 Å². The number of hydrogen-bond donors (Lipinski definition) is 2. The third kappa shape index (κ3) is 5.33. The van der Waals surface area contributed by atoms with Crippen molar-refractivity contribution in [2.24, 2.45) is 5.10 Å². The highest BCUT2D eigenvalue weighted by atomic mass is 35.5. The maximum atomic E-state index is 12.1. The number of halogens is 1. The molecule has 3 rings (SSSR count). The van der Waals surface area contributed by atoms with Gasteiger partial charge >= 0.3 is 0 Å². The van der Waals surface area contributed by atoms with E-state index in [9.17, 15) is 4.79 Å². The summed E-state index contributed by atoms with van der Waals surface area (Å²) in [5.41, 5.74) is 10.9. The summed E-state index contributed by atoms with van der Waals surface area (Å²) in [4.78, 5) is 12.1. The largest absolute Gasteiger partial charge is 0.489 e. The molecule has 0 aliphatic carbocycles. The number of carbonyl (C=O) groups excluding carboxylic acids is 1. The summed E-state index contributed by atoms with van der Waals surface area (Å²) in [5, 5.41) is 4.67. The Bertz CT molecular complexity index is 956. The molecule has 0 atom stereocenters. The minimum Gasteiger partial charge on any atom is -0.489 e. The highest BCUT2D eigenvalue weighted by Crippen LogP contribution is 2.16. The summed E-state index contributed by atoms with van der Waals surface area (Å²) in [6.45, 7) is 0.432. The highest BCUT2D eigenvalue weighted by molar-refractivity contribution is 6.30. The lowest BCUT2D eigenvalue weighted by atomic mass is 10.2. The van der Waals surface area contributed by atoms with E-state index in [0.29, 0.717) is 28.6 Å². The molecule has 0 unspecified atom stereocenters. The van der Waals surface area contributed by atoms with Crippen molar-refractivity contribution < 1.29 is 9.53 Å². The number of nitrogens with zero attached hydrogens (tertiary/aromatic N) is 1. The first kappa shape index (κ1) is 18.5. The van der Waals surface area contributed by atoms with Crippen LogP contribution >= 0.6 is 11.6 Å². The molecule has 5 nitrogen and oxygen atoms in total. The van der Waals surface area contributed by atoms with Crippen LogP contribution in [0, 0.1) is 0 Å². The van der Waals surface area contributed by atoms with Gasteiger partial charge in [0.1, 0.15) is 12.4 Å². The van der Waals surface area contributed by atoms with E-state index >= 15 is 0 Å². The Morgan fingerprint density at radius 3 is 2.63 bits per heavy atom. The first-order valence-electron chi connectivity index (χ1n) is 8.27. The van der Waals surface area contributed by atoms with Crippen LogP contribution in [0.2, 0.25) is 5.02 Å². The molecule has 0 aliphatic rings. The molecule has 27 heavy (non-hydrogen) atoms. The predicted octanol–water partition coefficient (Wildman–Crippen LogP) is 4.27. The second kappa shape index (κ2) is 8.87. The molecule has 0 fully saturated rings. The molecule has 0 radical (unpaired) electrons. The number of benzene rings is 3. The molecular weight excluding hydrogens is 362 g/mol. The lowest BCUT2D eigenvalue weighted by molar-refractivity contribution is 0.0956.